The molecule has 166 valence electrons. The van der Waals surface area contributed by atoms with Gasteiger partial charge in [-0.3, -0.25) is 0 Å². The summed E-state index contributed by atoms with van der Waals surface area (Å²) in [6.07, 6.45) is 32.4. The van der Waals surface area contributed by atoms with Gasteiger partial charge in [-0.2, -0.15) is 0 Å². The Morgan fingerprint density at radius 1 is 0.429 bits per heavy atom. The van der Waals surface area contributed by atoms with Crippen LogP contribution >= 0.6 is 0 Å². The standard InChI is InChI=1S/C28H54/c1-5-9-11-13-15-19-23-27(7-3)25-21-17-18-22-26-28(8-4)24-20-16-14-12-10-6-2/h7-8,27-28H,3-6,9-26H2,1-2H3. The highest BCUT2D eigenvalue weighted by molar-refractivity contribution is 4.80. The van der Waals surface area contributed by atoms with Crippen LogP contribution in [-0.4, -0.2) is 0 Å². The van der Waals surface area contributed by atoms with Crippen LogP contribution in [0.2, 0.25) is 0 Å². The van der Waals surface area contributed by atoms with Gasteiger partial charge in [0.05, 0.1) is 0 Å². The van der Waals surface area contributed by atoms with Gasteiger partial charge in [0, 0.05) is 0 Å². The molecule has 0 rings (SSSR count). The Morgan fingerprint density at radius 2 is 0.679 bits per heavy atom. The smallest absolute Gasteiger partial charge is 0.0236 e. The Bertz CT molecular complexity index is 284. The third-order valence-corrected chi connectivity index (χ3v) is 6.42. The van der Waals surface area contributed by atoms with Gasteiger partial charge < -0.3 is 0 Å². The minimum Gasteiger partial charge on any atom is -0.103 e. The molecule has 0 N–H and O–H groups in total. The molecule has 0 aliphatic rings. The molecule has 0 aliphatic carbocycles. The lowest BCUT2D eigenvalue weighted by Crippen LogP contribution is -1.98. The molecule has 0 saturated heterocycles. The van der Waals surface area contributed by atoms with Crippen molar-refractivity contribution in [3.63, 3.8) is 0 Å². The molecule has 28 heavy (non-hydrogen) atoms. The monoisotopic (exact) mass is 390 g/mol. The highest BCUT2D eigenvalue weighted by Crippen LogP contribution is 2.22. The lowest BCUT2D eigenvalue weighted by atomic mass is 9.92. The van der Waals surface area contributed by atoms with Crippen molar-refractivity contribution in [3.8, 4) is 0 Å². The minimum absolute atomic E-state index is 0.764. The fourth-order valence-electron chi connectivity index (χ4n) is 4.30. The van der Waals surface area contributed by atoms with Gasteiger partial charge in [0.15, 0.2) is 0 Å². The summed E-state index contributed by atoms with van der Waals surface area (Å²) >= 11 is 0. The van der Waals surface area contributed by atoms with Crippen molar-refractivity contribution in [3.05, 3.63) is 25.3 Å². The lowest BCUT2D eigenvalue weighted by molar-refractivity contribution is 0.446. The number of hydrogen-bond acceptors (Lipinski definition) is 0. The van der Waals surface area contributed by atoms with E-state index in [0.29, 0.717) is 0 Å². The molecule has 0 saturated carbocycles. The third-order valence-electron chi connectivity index (χ3n) is 6.42. The molecule has 0 nitrogen and oxygen atoms in total. The number of unbranched alkanes of at least 4 members (excludes halogenated alkanes) is 13. The SMILES string of the molecule is C=CC(CCCCCCCC)CCCCCCC(C=C)CCCCCCCC. The third kappa shape index (κ3) is 18.8. The molecule has 2 unspecified atom stereocenters. The van der Waals surface area contributed by atoms with E-state index < -0.39 is 0 Å². The Kier molecular flexibility index (Phi) is 22.3. The Labute approximate surface area is 179 Å². The predicted octanol–water partition coefficient (Wildman–Crippen LogP) is 10.4. The quantitative estimate of drug-likeness (QED) is 0.120. The van der Waals surface area contributed by atoms with Crippen molar-refractivity contribution in [2.24, 2.45) is 11.8 Å². The highest BCUT2D eigenvalue weighted by Gasteiger charge is 2.06. The zero-order valence-electron chi connectivity index (χ0n) is 19.9. The van der Waals surface area contributed by atoms with Crippen LogP contribution in [0.15, 0.2) is 25.3 Å². The first-order valence-corrected chi connectivity index (χ1v) is 13.0. The summed E-state index contributed by atoms with van der Waals surface area (Å²) in [5.74, 6) is 1.53. The molecule has 0 aromatic carbocycles. The predicted molar refractivity (Wildman–Crippen MR) is 131 cm³/mol. The van der Waals surface area contributed by atoms with Crippen LogP contribution in [0.3, 0.4) is 0 Å². The van der Waals surface area contributed by atoms with Crippen molar-refractivity contribution in [2.45, 2.75) is 142 Å². The first kappa shape index (κ1) is 27.5. The average Bonchev–Trinajstić information content (AvgIpc) is 2.72. The molecule has 0 heteroatoms. The number of hydrogen-bond donors (Lipinski definition) is 0. The Morgan fingerprint density at radius 3 is 0.929 bits per heavy atom. The molecular formula is C28H54. The van der Waals surface area contributed by atoms with Crippen molar-refractivity contribution < 1.29 is 0 Å². The van der Waals surface area contributed by atoms with Crippen LogP contribution in [-0.2, 0) is 0 Å². The fraction of sp³-hybridized carbons (Fsp3) is 0.857. The van der Waals surface area contributed by atoms with E-state index in [1.165, 1.54) is 128 Å². The van der Waals surface area contributed by atoms with E-state index in [4.69, 9.17) is 0 Å². The van der Waals surface area contributed by atoms with Crippen LogP contribution in [0.1, 0.15) is 142 Å². The molecule has 0 aromatic rings. The van der Waals surface area contributed by atoms with Crippen molar-refractivity contribution in [1.82, 2.24) is 0 Å². The maximum Gasteiger partial charge on any atom is -0.0236 e. The van der Waals surface area contributed by atoms with Crippen LogP contribution in [0.5, 0.6) is 0 Å². The van der Waals surface area contributed by atoms with E-state index in [1.807, 2.05) is 0 Å². The molecule has 0 aromatic heterocycles. The summed E-state index contributed by atoms with van der Waals surface area (Å²) in [4.78, 5) is 0. The molecular weight excluding hydrogens is 336 g/mol. The van der Waals surface area contributed by atoms with Crippen molar-refractivity contribution in [2.75, 3.05) is 0 Å². The van der Waals surface area contributed by atoms with E-state index in [9.17, 15) is 0 Å². The summed E-state index contributed by atoms with van der Waals surface area (Å²) in [6, 6.07) is 0. The molecule has 0 amide bonds. The Balaban J connectivity index is 3.54. The number of allylic oxidation sites excluding steroid dienone is 2. The van der Waals surface area contributed by atoms with Crippen LogP contribution < -0.4 is 0 Å². The normalized spacial score (nSPS) is 13.4. The molecule has 0 aliphatic heterocycles. The van der Waals surface area contributed by atoms with E-state index in [1.54, 1.807) is 0 Å². The zero-order valence-corrected chi connectivity index (χ0v) is 19.9. The second-order valence-electron chi connectivity index (χ2n) is 9.10. The van der Waals surface area contributed by atoms with E-state index in [0.717, 1.165) is 11.8 Å². The molecule has 0 spiro atoms. The van der Waals surface area contributed by atoms with Gasteiger partial charge in [0.2, 0.25) is 0 Å². The molecule has 0 fully saturated rings. The second-order valence-corrected chi connectivity index (χ2v) is 9.10. The summed E-state index contributed by atoms with van der Waals surface area (Å²) < 4.78 is 0. The van der Waals surface area contributed by atoms with Crippen LogP contribution in [0.25, 0.3) is 0 Å². The average molecular weight is 391 g/mol. The van der Waals surface area contributed by atoms with Gasteiger partial charge in [0.25, 0.3) is 0 Å². The van der Waals surface area contributed by atoms with Crippen molar-refractivity contribution >= 4 is 0 Å². The van der Waals surface area contributed by atoms with E-state index in [2.05, 4.69) is 39.2 Å². The van der Waals surface area contributed by atoms with Gasteiger partial charge in [0.1, 0.15) is 0 Å². The van der Waals surface area contributed by atoms with Crippen molar-refractivity contribution in [1.29, 1.82) is 0 Å². The number of rotatable bonds is 23. The summed E-state index contributed by atoms with van der Waals surface area (Å²) in [6.45, 7) is 12.7. The largest absolute Gasteiger partial charge is 0.103 e. The summed E-state index contributed by atoms with van der Waals surface area (Å²) in [5.41, 5.74) is 0. The fourth-order valence-corrected chi connectivity index (χ4v) is 4.30. The lowest BCUT2D eigenvalue weighted by Gasteiger charge is -2.14. The summed E-state index contributed by atoms with van der Waals surface area (Å²) in [7, 11) is 0. The maximum atomic E-state index is 4.08. The van der Waals surface area contributed by atoms with Crippen LogP contribution in [0.4, 0.5) is 0 Å². The van der Waals surface area contributed by atoms with Gasteiger partial charge in [-0.1, -0.05) is 129 Å². The Hall–Kier alpha value is -0.520. The van der Waals surface area contributed by atoms with E-state index >= 15 is 0 Å². The summed E-state index contributed by atoms with van der Waals surface area (Å²) in [5, 5.41) is 0. The molecule has 0 radical (unpaired) electrons. The minimum atomic E-state index is 0.764. The molecule has 0 bridgehead atoms. The van der Waals surface area contributed by atoms with Gasteiger partial charge in [-0.05, 0) is 37.5 Å². The first-order chi connectivity index (χ1) is 13.8. The molecule has 2 atom stereocenters. The maximum absolute atomic E-state index is 4.08. The second kappa shape index (κ2) is 22.8. The van der Waals surface area contributed by atoms with Crippen LogP contribution in [0, 0.1) is 11.8 Å². The van der Waals surface area contributed by atoms with Gasteiger partial charge >= 0.3 is 0 Å². The zero-order chi connectivity index (χ0) is 20.7. The first-order valence-electron chi connectivity index (χ1n) is 13.0. The van der Waals surface area contributed by atoms with E-state index in [-0.39, 0.29) is 0 Å². The van der Waals surface area contributed by atoms with Gasteiger partial charge in [-0.25, -0.2) is 0 Å². The molecule has 0 heterocycles. The topological polar surface area (TPSA) is 0 Å². The highest BCUT2D eigenvalue weighted by atomic mass is 14.1. The van der Waals surface area contributed by atoms with Gasteiger partial charge in [-0.15, -0.1) is 13.2 Å².